The summed E-state index contributed by atoms with van der Waals surface area (Å²) < 4.78 is 18.4. The van der Waals surface area contributed by atoms with Crippen LogP contribution in [0.1, 0.15) is 26.3 Å². The van der Waals surface area contributed by atoms with E-state index in [9.17, 15) is 19.1 Å². The van der Waals surface area contributed by atoms with E-state index in [0.29, 0.717) is 0 Å². The Morgan fingerprint density at radius 3 is 2.50 bits per heavy atom. The number of halogens is 2. The smallest absolute Gasteiger partial charge is 0.408 e. The molecule has 3 N–H and O–H groups in total. The molecule has 8 heteroatoms. The molecule has 1 aromatic rings. The van der Waals surface area contributed by atoms with Crippen LogP contribution in [0.15, 0.2) is 16.6 Å². The van der Waals surface area contributed by atoms with Crippen LogP contribution in [0.3, 0.4) is 0 Å². The van der Waals surface area contributed by atoms with Gasteiger partial charge in [0.05, 0.1) is 4.47 Å². The van der Waals surface area contributed by atoms with E-state index in [1.54, 1.807) is 20.8 Å². The van der Waals surface area contributed by atoms with E-state index in [1.807, 2.05) is 0 Å². The summed E-state index contributed by atoms with van der Waals surface area (Å²) in [7, 11) is 0. The van der Waals surface area contributed by atoms with E-state index in [1.165, 1.54) is 0 Å². The monoisotopic (exact) mass is 377 g/mol. The van der Waals surface area contributed by atoms with Crippen molar-refractivity contribution in [3.63, 3.8) is 0 Å². The first-order valence-electron chi connectivity index (χ1n) is 6.39. The summed E-state index contributed by atoms with van der Waals surface area (Å²) in [5, 5.41) is 21.2. The number of benzene rings is 1. The van der Waals surface area contributed by atoms with Crippen molar-refractivity contribution >= 4 is 28.0 Å². The van der Waals surface area contributed by atoms with Crippen LogP contribution in [0.25, 0.3) is 0 Å². The first-order chi connectivity index (χ1) is 9.99. The van der Waals surface area contributed by atoms with Gasteiger partial charge in [0.25, 0.3) is 0 Å². The molecule has 1 rings (SSSR count). The topological polar surface area (TPSA) is 95.9 Å². The highest BCUT2D eigenvalue weighted by atomic mass is 79.9. The summed E-state index contributed by atoms with van der Waals surface area (Å²) in [5.74, 6) is -2.25. The fourth-order valence-electron chi connectivity index (χ4n) is 1.64. The second kappa shape index (κ2) is 6.95. The van der Waals surface area contributed by atoms with Gasteiger partial charge < -0.3 is 20.3 Å². The number of carboxylic acids is 1. The van der Waals surface area contributed by atoms with E-state index in [2.05, 4.69) is 21.2 Å². The highest BCUT2D eigenvalue weighted by molar-refractivity contribution is 9.10. The molecule has 0 fully saturated rings. The standard InChI is InChI=1S/C14H17BrFNO5/c1-14(2,3)22-13(21)17-10(12(19)20)5-7-4-8(16)6-9(15)11(7)18/h4,6,10,18H,5H2,1-3H3,(H,17,21)(H,19,20)/t10-/m0/s1. The quantitative estimate of drug-likeness (QED) is 0.749. The summed E-state index contributed by atoms with van der Waals surface area (Å²) in [6.07, 6.45) is -1.20. The average molecular weight is 378 g/mol. The van der Waals surface area contributed by atoms with E-state index in [4.69, 9.17) is 9.84 Å². The summed E-state index contributed by atoms with van der Waals surface area (Å²) in [4.78, 5) is 22.9. The molecule has 0 radical (unpaired) electrons. The SMILES string of the molecule is CC(C)(C)OC(=O)N[C@@H](Cc1cc(F)cc(Br)c1O)C(=O)O. The summed E-state index contributed by atoms with van der Waals surface area (Å²) in [5.41, 5.74) is -0.729. The first-order valence-corrected chi connectivity index (χ1v) is 7.18. The molecule has 0 aliphatic carbocycles. The molecule has 22 heavy (non-hydrogen) atoms. The lowest BCUT2D eigenvalue weighted by atomic mass is 10.0. The van der Waals surface area contributed by atoms with Gasteiger partial charge in [0.1, 0.15) is 23.2 Å². The van der Waals surface area contributed by atoms with Crippen molar-refractivity contribution in [3.8, 4) is 5.75 Å². The molecule has 0 heterocycles. The third-order valence-corrected chi connectivity index (χ3v) is 3.12. The lowest BCUT2D eigenvalue weighted by molar-refractivity contribution is -0.139. The third-order valence-electron chi connectivity index (χ3n) is 2.52. The minimum atomic E-state index is -1.37. The van der Waals surface area contributed by atoms with Crippen molar-refractivity contribution in [2.24, 2.45) is 0 Å². The lowest BCUT2D eigenvalue weighted by Gasteiger charge is -2.22. The molecule has 0 spiro atoms. The Morgan fingerprint density at radius 2 is 2.00 bits per heavy atom. The van der Waals surface area contributed by atoms with Crippen molar-refractivity contribution in [2.75, 3.05) is 0 Å². The van der Waals surface area contributed by atoms with Gasteiger partial charge in [-0.25, -0.2) is 14.0 Å². The van der Waals surface area contributed by atoms with Crippen LogP contribution in [0.2, 0.25) is 0 Å². The van der Waals surface area contributed by atoms with E-state index in [0.717, 1.165) is 12.1 Å². The van der Waals surface area contributed by atoms with Crippen LogP contribution in [-0.2, 0) is 16.0 Å². The Bertz CT molecular complexity index is 585. The number of nitrogens with one attached hydrogen (secondary N) is 1. The van der Waals surface area contributed by atoms with Gasteiger partial charge in [-0.3, -0.25) is 0 Å². The lowest BCUT2D eigenvalue weighted by Crippen LogP contribution is -2.44. The molecule has 6 nitrogen and oxygen atoms in total. The van der Waals surface area contributed by atoms with Crippen molar-refractivity contribution in [1.82, 2.24) is 5.32 Å². The largest absolute Gasteiger partial charge is 0.506 e. The zero-order valence-electron chi connectivity index (χ0n) is 12.3. The summed E-state index contributed by atoms with van der Waals surface area (Å²) in [6.45, 7) is 4.91. The van der Waals surface area contributed by atoms with Gasteiger partial charge in [0.2, 0.25) is 0 Å². The number of carboxylic acid groups (broad SMARTS) is 1. The number of hydrogen-bond acceptors (Lipinski definition) is 4. The molecule has 0 aliphatic rings. The fraction of sp³-hybridized carbons (Fsp3) is 0.429. The van der Waals surface area contributed by atoms with Crippen LogP contribution in [0.4, 0.5) is 9.18 Å². The zero-order chi connectivity index (χ0) is 17.1. The number of phenols is 1. The Labute approximate surface area is 135 Å². The third kappa shape index (κ3) is 5.51. The van der Waals surface area contributed by atoms with Crippen molar-refractivity contribution in [2.45, 2.75) is 38.8 Å². The maximum atomic E-state index is 13.3. The number of aromatic hydroxyl groups is 1. The predicted molar refractivity (Wildman–Crippen MR) is 80.3 cm³/mol. The van der Waals surface area contributed by atoms with Gasteiger partial charge in [-0.05, 0) is 48.8 Å². The van der Waals surface area contributed by atoms with Crippen LogP contribution < -0.4 is 5.32 Å². The van der Waals surface area contributed by atoms with Crippen LogP contribution in [0, 0.1) is 5.82 Å². The molecule has 0 aromatic heterocycles. The van der Waals surface area contributed by atoms with Gasteiger partial charge in [-0.15, -0.1) is 0 Å². The average Bonchev–Trinajstić information content (AvgIpc) is 2.31. The Morgan fingerprint density at radius 1 is 1.41 bits per heavy atom. The maximum absolute atomic E-state index is 13.3. The number of alkyl carbamates (subject to hydrolysis) is 1. The second-order valence-corrected chi connectivity index (χ2v) is 6.49. The molecular weight excluding hydrogens is 361 g/mol. The fourth-order valence-corrected chi connectivity index (χ4v) is 2.12. The number of aliphatic carboxylic acids is 1. The van der Waals surface area contributed by atoms with E-state index in [-0.39, 0.29) is 22.2 Å². The molecule has 0 aliphatic heterocycles. The Balaban J connectivity index is 2.90. The number of hydrogen-bond donors (Lipinski definition) is 3. The highest BCUT2D eigenvalue weighted by Gasteiger charge is 2.25. The zero-order valence-corrected chi connectivity index (χ0v) is 13.9. The Hall–Kier alpha value is -1.83. The van der Waals surface area contributed by atoms with Crippen molar-refractivity contribution < 1.29 is 28.9 Å². The van der Waals surface area contributed by atoms with Gasteiger partial charge in [-0.1, -0.05) is 0 Å². The van der Waals surface area contributed by atoms with Gasteiger partial charge >= 0.3 is 12.1 Å². The second-order valence-electron chi connectivity index (χ2n) is 5.64. The molecule has 1 aromatic carbocycles. The molecular formula is C14H17BrFNO5. The predicted octanol–water partition coefficient (Wildman–Crippen LogP) is 2.81. The minimum absolute atomic E-state index is 0.0512. The number of phenolic OH excluding ortho intramolecular Hbond substituents is 1. The first kappa shape index (κ1) is 18.2. The van der Waals surface area contributed by atoms with E-state index >= 15 is 0 Å². The molecule has 122 valence electrons. The minimum Gasteiger partial charge on any atom is -0.506 e. The molecule has 0 unspecified atom stereocenters. The number of carbonyl (C=O) groups is 2. The van der Waals surface area contributed by atoms with Crippen LogP contribution in [-0.4, -0.2) is 33.9 Å². The Kier molecular flexibility index (Phi) is 5.76. The molecule has 0 bridgehead atoms. The van der Waals surface area contributed by atoms with E-state index < -0.39 is 29.5 Å². The summed E-state index contributed by atoms with van der Waals surface area (Å²) in [6, 6.07) is 0.692. The number of amides is 1. The molecule has 1 atom stereocenters. The maximum Gasteiger partial charge on any atom is 0.408 e. The number of rotatable bonds is 4. The number of ether oxygens (including phenoxy) is 1. The van der Waals surface area contributed by atoms with Gasteiger partial charge in [0, 0.05) is 12.0 Å². The molecule has 1 amide bonds. The highest BCUT2D eigenvalue weighted by Crippen LogP contribution is 2.29. The summed E-state index contributed by atoms with van der Waals surface area (Å²) >= 11 is 2.96. The number of carbonyl (C=O) groups excluding carboxylic acids is 1. The van der Waals surface area contributed by atoms with Gasteiger partial charge in [-0.2, -0.15) is 0 Å². The van der Waals surface area contributed by atoms with Crippen LogP contribution in [0.5, 0.6) is 5.75 Å². The molecule has 0 saturated carbocycles. The van der Waals surface area contributed by atoms with Gasteiger partial charge in [0.15, 0.2) is 0 Å². The van der Waals surface area contributed by atoms with Crippen molar-refractivity contribution in [1.29, 1.82) is 0 Å². The van der Waals surface area contributed by atoms with Crippen LogP contribution >= 0.6 is 15.9 Å². The normalized spacial score (nSPS) is 12.6. The molecule has 0 saturated heterocycles. The van der Waals surface area contributed by atoms with Crippen molar-refractivity contribution in [3.05, 3.63) is 28.0 Å².